The number of fused-ring (bicyclic) bond motifs is 1. The standard InChI is InChI=1S/C16H14N4OS/c1-16(2)8-13(20-5-6-22-15(20)19-10-18)12-7-11(9-17)3-4-14(12)21-16/h3-4,7-8H,5-6H2,1-2H3. The molecular weight excluding hydrogens is 296 g/mol. The number of benzene rings is 1. The van der Waals surface area contributed by atoms with Crippen molar-refractivity contribution in [1.82, 2.24) is 4.90 Å². The molecular formula is C16H14N4OS. The quantitative estimate of drug-likeness (QED) is 0.746. The van der Waals surface area contributed by atoms with Crippen molar-refractivity contribution in [3.8, 4) is 18.0 Å². The van der Waals surface area contributed by atoms with Crippen molar-refractivity contribution in [2.45, 2.75) is 19.4 Å². The average molecular weight is 310 g/mol. The number of thioether (sulfide) groups is 1. The van der Waals surface area contributed by atoms with Gasteiger partial charge >= 0.3 is 0 Å². The minimum atomic E-state index is -0.457. The summed E-state index contributed by atoms with van der Waals surface area (Å²) in [4.78, 5) is 5.93. The van der Waals surface area contributed by atoms with Gasteiger partial charge in [-0.25, -0.2) is 0 Å². The fourth-order valence-electron chi connectivity index (χ4n) is 2.59. The summed E-state index contributed by atoms with van der Waals surface area (Å²) in [6.07, 6.45) is 3.88. The van der Waals surface area contributed by atoms with Crippen molar-refractivity contribution in [1.29, 1.82) is 10.5 Å². The number of ether oxygens (including phenoxy) is 1. The molecule has 0 atom stereocenters. The molecule has 0 N–H and O–H groups in total. The molecule has 5 nitrogen and oxygen atoms in total. The largest absolute Gasteiger partial charge is 0.483 e. The molecule has 3 rings (SSSR count). The number of nitriles is 2. The van der Waals surface area contributed by atoms with Gasteiger partial charge in [-0.3, -0.25) is 0 Å². The molecule has 110 valence electrons. The Kier molecular flexibility index (Phi) is 3.56. The zero-order valence-electron chi connectivity index (χ0n) is 12.3. The molecule has 0 bridgehead atoms. The highest BCUT2D eigenvalue weighted by Crippen LogP contribution is 2.40. The van der Waals surface area contributed by atoms with Gasteiger partial charge in [0.05, 0.1) is 17.3 Å². The third-order valence-corrected chi connectivity index (χ3v) is 4.41. The minimum absolute atomic E-state index is 0.457. The predicted molar refractivity (Wildman–Crippen MR) is 86.1 cm³/mol. The van der Waals surface area contributed by atoms with Crippen molar-refractivity contribution in [2.75, 3.05) is 12.3 Å². The van der Waals surface area contributed by atoms with Crippen molar-refractivity contribution in [2.24, 2.45) is 4.99 Å². The lowest BCUT2D eigenvalue weighted by molar-refractivity contribution is 0.156. The van der Waals surface area contributed by atoms with Crippen LogP contribution in [-0.2, 0) is 0 Å². The first kappa shape index (κ1) is 14.5. The van der Waals surface area contributed by atoms with Crippen molar-refractivity contribution in [3.63, 3.8) is 0 Å². The number of nitrogens with zero attached hydrogens (tertiary/aromatic N) is 4. The van der Waals surface area contributed by atoms with E-state index in [1.807, 2.05) is 43.1 Å². The molecule has 2 aliphatic heterocycles. The maximum atomic E-state index is 9.13. The molecule has 0 radical (unpaired) electrons. The molecule has 0 amide bonds. The van der Waals surface area contributed by atoms with Gasteiger partial charge in [-0.05, 0) is 38.1 Å². The van der Waals surface area contributed by atoms with Gasteiger partial charge in [0, 0.05) is 17.9 Å². The van der Waals surface area contributed by atoms with Crippen LogP contribution >= 0.6 is 11.8 Å². The molecule has 1 aromatic rings. The van der Waals surface area contributed by atoms with Gasteiger partial charge in [0.25, 0.3) is 0 Å². The molecule has 2 heterocycles. The molecule has 0 saturated carbocycles. The first-order valence-corrected chi connectivity index (χ1v) is 7.86. The Hall–Kier alpha value is -2.44. The number of amidine groups is 1. The second kappa shape index (κ2) is 5.40. The van der Waals surface area contributed by atoms with Crippen molar-refractivity contribution < 1.29 is 4.74 Å². The zero-order valence-corrected chi connectivity index (χ0v) is 13.1. The number of hydrogen-bond donors (Lipinski definition) is 0. The van der Waals surface area contributed by atoms with Crippen molar-refractivity contribution >= 4 is 22.6 Å². The Morgan fingerprint density at radius 3 is 2.91 bits per heavy atom. The van der Waals surface area contributed by atoms with Crippen LogP contribution in [0.15, 0.2) is 29.3 Å². The maximum Gasteiger partial charge on any atom is 0.208 e. The van der Waals surface area contributed by atoms with Crippen LogP contribution in [0.25, 0.3) is 5.70 Å². The van der Waals surface area contributed by atoms with E-state index in [0.29, 0.717) is 10.7 Å². The van der Waals surface area contributed by atoms with Gasteiger partial charge in [-0.1, -0.05) is 11.8 Å². The van der Waals surface area contributed by atoms with Crippen LogP contribution in [0.1, 0.15) is 25.0 Å². The molecule has 6 heteroatoms. The maximum absolute atomic E-state index is 9.13. The van der Waals surface area contributed by atoms with E-state index in [4.69, 9.17) is 15.3 Å². The van der Waals surface area contributed by atoms with E-state index < -0.39 is 5.60 Å². The van der Waals surface area contributed by atoms with E-state index in [1.165, 1.54) is 0 Å². The molecule has 0 aromatic heterocycles. The molecule has 0 aliphatic carbocycles. The molecule has 0 unspecified atom stereocenters. The summed E-state index contributed by atoms with van der Waals surface area (Å²) in [6.45, 7) is 4.75. The highest BCUT2D eigenvalue weighted by molar-refractivity contribution is 8.14. The van der Waals surface area contributed by atoms with E-state index in [1.54, 1.807) is 17.8 Å². The monoisotopic (exact) mass is 310 g/mol. The first-order valence-electron chi connectivity index (χ1n) is 6.87. The molecule has 1 saturated heterocycles. The van der Waals surface area contributed by atoms with Crippen LogP contribution in [0.5, 0.6) is 5.75 Å². The Balaban J connectivity index is 2.14. The molecule has 0 spiro atoms. The Labute approximate surface area is 133 Å². The lowest BCUT2D eigenvalue weighted by Gasteiger charge is -2.34. The van der Waals surface area contributed by atoms with Crippen LogP contribution in [0.2, 0.25) is 0 Å². The van der Waals surface area contributed by atoms with Crippen LogP contribution < -0.4 is 4.74 Å². The Morgan fingerprint density at radius 1 is 1.36 bits per heavy atom. The fourth-order valence-corrected chi connectivity index (χ4v) is 3.50. The predicted octanol–water partition coefficient (Wildman–Crippen LogP) is 2.96. The van der Waals surface area contributed by atoms with E-state index in [-0.39, 0.29) is 0 Å². The van der Waals surface area contributed by atoms with Crippen LogP contribution in [0, 0.1) is 22.8 Å². The summed E-state index contributed by atoms with van der Waals surface area (Å²) >= 11 is 1.56. The van der Waals surface area contributed by atoms with E-state index in [2.05, 4.69) is 11.1 Å². The summed E-state index contributed by atoms with van der Waals surface area (Å²) in [5.74, 6) is 1.63. The van der Waals surface area contributed by atoms with E-state index in [0.717, 1.165) is 29.3 Å². The van der Waals surface area contributed by atoms with Gasteiger partial charge in [0.15, 0.2) is 5.17 Å². The topological polar surface area (TPSA) is 72.4 Å². The normalized spacial score (nSPS) is 20.6. The van der Waals surface area contributed by atoms with Crippen LogP contribution in [-0.4, -0.2) is 28.0 Å². The number of hydrogen-bond acceptors (Lipinski definition) is 5. The van der Waals surface area contributed by atoms with E-state index in [9.17, 15) is 0 Å². The molecule has 22 heavy (non-hydrogen) atoms. The van der Waals surface area contributed by atoms with Gasteiger partial charge in [0.1, 0.15) is 11.4 Å². The first-order chi connectivity index (χ1) is 10.5. The van der Waals surface area contributed by atoms with Gasteiger partial charge in [-0.2, -0.15) is 10.5 Å². The zero-order chi connectivity index (χ0) is 15.7. The van der Waals surface area contributed by atoms with E-state index >= 15 is 0 Å². The summed E-state index contributed by atoms with van der Waals surface area (Å²) in [5, 5.41) is 18.7. The molecule has 1 fully saturated rings. The van der Waals surface area contributed by atoms with Gasteiger partial charge in [0.2, 0.25) is 6.19 Å². The summed E-state index contributed by atoms with van der Waals surface area (Å²) in [5.41, 5.74) is 1.94. The third-order valence-electron chi connectivity index (χ3n) is 3.46. The van der Waals surface area contributed by atoms with Crippen LogP contribution in [0.3, 0.4) is 0 Å². The summed E-state index contributed by atoms with van der Waals surface area (Å²) in [7, 11) is 0. The summed E-state index contributed by atoms with van der Waals surface area (Å²) in [6, 6.07) is 7.56. The lowest BCUT2D eigenvalue weighted by atomic mass is 9.97. The third kappa shape index (κ3) is 2.54. The molecule has 2 aliphatic rings. The Morgan fingerprint density at radius 2 is 2.18 bits per heavy atom. The van der Waals surface area contributed by atoms with Gasteiger partial charge in [-0.15, -0.1) is 4.99 Å². The second-order valence-electron chi connectivity index (χ2n) is 5.55. The Bertz CT molecular complexity index is 767. The second-order valence-corrected chi connectivity index (χ2v) is 6.61. The highest BCUT2D eigenvalue weighted by atomic mass is 32.2. The minimum Gasteiger partial charge on any atom is -0.483 e. The molecule has 1 aromatic carbocycles. The van der Waals surface area contributed by atoms with Crippen molar-refractivity contribution in [3.05, 3.63) is 35.4 Å². The number of rotatable bonds is 1. The van der Waals surface area contributed by atoms with Crippen LogP contribution in [0.4, 0.5) is 0 Å². The average Bonchev–Trinajstić information content (AvgIpc) is 2.93. The number of aliphatic imine (C=N–C) groups is 1. The lowest BCUT2D eigenvalue weighted by Crippen LogP contribution is -2.34. The summed E-state index contributed by atoms with van der Waals surface area (Å²) < 4.78 is 5.98. The smallest absolute Gasteiger partial charge is 0.208 e. The highest BCUT2D eigenvalue weighted by Gasteiger charge is 2.33. The van der Waals surface area contributed by atoms with Gasteiger partial charge < -0.3 is 9.64 Å². The SMILES string of the molecule is CC1(C)C=C(N2CCSC2=NC#N)c2cc(C#N)ccc2O1. The fraction of sp³-hybridized carbons (Fsp3) is 0.312.